The summed E-state index contributed by atoms with van der Waals surface area (Å²) in [7, 11) is 0. The molecule has 1 saturated heterocycles. The van der Waals surface area contributed by atoms with Gasteiger partial charge >= 0.3 is 0 Å². The zero-order valence-corrected chi connectivity index (χ0v) is 14.4. The van der Waals surface area contributed by atoms with Gasteiger partial charge < -0.3 is 14.8 Å². The second kappa shape index (κ2) is 6.41. The topological polar surface area (TPSA) is 63.1 Å². The molecule has 0 saturated carbocycles. The predicted octanol–water partition coefficient (Wildman–Crippen LogP) is 4.53. The van der Waals surface area contributed by atoms with E-state index in [1.54, 1.807) is 12.3 Å². The highest BCUT2D eigenvalue weighted by Gasteiger charge is 2.20. The van der Waals surface area contributed by atoms with E-state index in [2.05, 4.69) is 10.1 Å². The van der Waals surface area contributed by atoms with E-state index in [4.69, 9.17) is 27.9 Å². The van der Waals surface area contributed by atoms with Crippen LogP contribution in [0.25, 0.3) is 22.0 Å². The number of halogens is 2. The number of ether oxygens (including phenoxy) is 1. The molecule has 7 heteroatoms. The van der Waals surface area contributed by atoms with Crippen molar-refractivity contribution in [1.29, 1.82) is 0 Å². The third-order valence-corrected chi connectivity index (χ3v) is 5.25. The van der Waals surface area contributed by atoms with Crippen LogP contribution >= 0.6 is 23.2 Å². The first kappa shape index (κ1) is 16.0. The fraction of sp³-hybridized carbons (Fsp3) is 0.353. The number of aromatic amines is 1. The Balaban J connectivity index is 1.81. The molecule has 2 aromatic heterocycles. The molecule has 1 atom stereocenters. The van der Waals surface area contributed by atoms with Crippen molar-refractivity contribution >= 4 is 34.1 Å². The molecule has 5 nitrogen and oxygen atoms in total. The van der Waals surface area contributed by atoms with Gasteiger partial charge in [0.05, 0.1) is 28.4 Å². The van der Waals surface area contributed by atoms with Crippen LogP contribution in [0, 0.1) is 0 Å². The Hall–Kier alpha value is -1.53. The number of H-pyrrole nitrogens is 1. The number of aliphatic hydroxyl groups excluding tert-OH is 1. The molecular weight excluding hydrogens is 349 g/mol. The number of benzene rings is 1. The minimum absolute atomic E-state index is 0.0201. The molecule has 1 aliphatic heterocycles. The zero-order chi connectivity index (χ0) is 16.7. The van der Waals surface area contributed by atoms with E-state index in [-0.39, 0.29) is 12.8 Å². The summed E-state index contributed by atoms with van der Waals surface area (Å²) in [5.41, 5.74) is 3.23. The van der Waals surface area contributed by atoms with Gasteiger partial charge in [-0.15, -0.1) is 0 Å². The molecule has 1 aromatic carbocycles. The first-order chi connectivity index (χ1) is 11.7. The number of hydrogen-bond acceptors (Lipinski definition) is 3. The number of hydrogen-bond donors (Lipinski definition) is 2. The Bertz CT molecular complexity index is 881. The van der Waals surface area contributed by atoms with Crippen LogP contribution in [0.5, 0.6) is 0 Å². The maximum atomic E-state index is 9.74. The summed E-state index contributed by atoms with van der Waals surface area (Å²) < 4.78 is 7.63. The minimum Gasteiger partial charge on any atom is -0.390 e. The third kappa shape index (κ3) is 2.62. The lowest BCUT2D eigenvalue weighted by atomic mass is 10.1. The van der Waals surface area contributed by atoms with Gasteiger partial charge in [0.15, 0.2) is 0 Å². The highest BCUT2D eigenvalue weighted by Crippen LogP contribution is 2.38. The number of aliphatic hydroxyl groups is 1. The van der Waals surface area contributed by atoms with Crippen molar-refractivity contribution < 1.29 is 9.84 Å². The molecule has 1 unspecified atom stereocenters. The molecule has 0 radical (unpaired) electrons. The molecule has 2 N–H and O–H groups in total. The van der Waals surface area contributed by atoms with Gasteiger partial charge in [0.1, 0.15) is 6.23 Å². The monoisotopic (exact) mass is 365 g/mol. The van der Waals surface area contributed by atoms with Crippen LogP contribution in [0.4, 0.5) is 0 Å². The Morgan fingerprint density at radius 3 is 2.96 bits per heavy atom. The van der Waals surface area contributed by atoms with Gasteiger partial charge in [-0.1, -0.05) is 29.3 Å². The molecular formula is C17H17Cl2N3O2. The Morgan fingerprint density at radius 2 is 2.21 bits per heavy atom. The number of nitrogens with one attached hydrogen (secondary N) is 1. The van der Waals surface area contributed by atoms with Crippen molar-refractivity contribution in [3.8, 4) is 11.1 Å². The van der Waals surface area contributed by atoms with Crippen molar-refractivity contribution in [1.82, 2.24) is 14.8 Å². The van der Waals surface area contributed by atoms with Gasteiger partial charge in [0, 0.05) is 35.0 Å². The van der Waals surface area contributed by atoms with Crippen molar-refractivity contribution in [2.75, 3.05) is 6.61 Å². The van der Waals surface area contributed by atoms with E-state index in [9.17, 15) is 5.11 Å². The van der Waals surface area contributed by atoms with E-state index in [1.165, 1.54) is 0 Å². The van der Waals surface area contributed by atoms with Crippen LogP contribution in [0.15, 0.2) is 24.5 Å². The molecule has 0 aliphatic carbocycles. The maximum Gasteiger partial charge on any atom is 0.150 e. The third-order valence-electron chi connectivity index (χ3n) is 4.44. The van der Waals surface area contributed by atoms with Crippen molar-refractivity contribution in [3.05, 3.63) is 40.3 Å². The van der Waals surface area contributed by atoms with E-state index in [1.807, 2.05) is 16.9 Å². The molecule has 1 aliphatic rings. The predicted molar refractivity (Wildman–Crippen MR) is 94.3 cm³/mol. The van der Waals surface area contributed by atoms with Crippen molar-refractivity contribution in [2.24, 2.45) is 0 Å². The molecule has 0 spiro atoms. The van der Waals surface area contributed by atoms with Crippen LogP contribution in [0.2, 0.25) is 10.0 Å². The van der Waals surface area contributed by atoms with Crippen LogP contribution in [0.1, 0.15) is 31.2 Å². The van der Waals surface area contributed by atoms with Crippen molar-refractivity contribution in [2.45, 2.75) is 32.1 Å². The van der Waals surface area contributed by atoms with Gasteiger partial charge in [-0.25, -0.2) is 4.68 Å². The smallest absolute Gasteiger partial charge is 0.150 e. The number of rotatable bonds is 3. The fourth-order valence-corrected chi connectivity index (χ4v) is 3.63. The normalized spacial score (nSPS) is 18.4. The first-order valence-corrected chi connectivity index (χ1v) is 8.70. The summed E-state index contributed by atoms with van der Waals surface area (Å²) in [5.74, 6) is 0. The van der Waals surface area contributed by atoms with Crippen LogP contribution in [-0.2, 0) is 11.3 Å². The Kier molecular flexibility index (Phi) is 4.26. The summed E-state index contributed by atoms with van der Waals surface area (Å²) in [6.07, 6.45) is 6.93. The summed E-state index contributed by atoms with van der Waals surface area (Å²) in [4.78, 5) is 3.18. The summed E-state index contributed by atoms with van der Waals surface area (Å²) in [6.45, 7) is 0.645. The standard InChI is InChI=1S/C17H17Cl2N3O2/c18-12-5-4-11-15(13(9-23)21-17(11)16(12)19)10-7-20-22(8-10)14-3-1-2-6-24-14/h4-5,7-8,14,21,23H,1-3,6,9H2. The fourth-order valence-electron chi connectivity index (χ4n) is 3.26. The van der Waals surface area contributed by atoms with E-state index >= 15 is 0 Å². The van der Waals surface area contributed by atoms with E-state index in [0.29, 0.717) is 15.7 Å². The molecule has 3 aromatic rings. The maximum absolute atomic E-state index is 9.74. The average Bonchev–Trinajstić information content (AvgIpc) is 3.23. The largest absolute Gasteiger partial charge is 0.390 e. The molecule has 4 rings (SSSR count). The number of fused-ring (bicyclic) bond motifs is 1. The van der Waals surface area contributed by atoms with Gasteiger partial charge in [-0.3, -0.25) is 0 Å². The van der Waals surface area contributed by atoms with Crippen molar-refractivity contribution in [3.63, 3.8) is 0 Å². The Morgan fingerprint density at radius 1 is 1.33 bits per heavy atom. The van der Waals surface area contributed by atoms with E-state index < -0.39 is 0 Å². The second-order valence-corrected chi connectivity index (χ2v) is 6.74. The molecule has 24 heavy (non-hydrogen) atoms. The van der Waals surface area contributed by atoms with Crippen LogP contribution in [0.3, 0.4) is 0 Å². The molecule has 3 heterocycles. The van der Waals surface area contributed by atoms with Gasteiger partial charge in [-0.2, -0.15) is 5.10 Å². The van der Waals surface area contributed by atoms with Crippen LogP contribution in [-0.4, -0.2) is 26.5 Å². The van der Waals surface area contributed by atoms with Gasteiger partial charge in [0.2, 0.25) is 0 Å². The summed E-state index contributed by atoms with van der Waals surface area (Å²) in [5, 5.41) is 16.0. The van der Waals surface area contributed by atoms with E-state index in [0.717, 1.165) is 47.9 Å². The average molecular weight is 366 g/mol. The van der Waals surface area contributed by atoms with Crippen LogP contribution < -0.4 is 0 Å². The highest BCUT2D eigenvalue weighted by molar-refractivity contribution is 6.45. The zero-order valence-electron chi connectivity index (χ0n) is 12.9. The Labute approximate surface area is 149 Å². The van der Waals surface area contributed by atoms with Gasteiger partial charge in [-0.05, 0) is 25.3 Å². The lowest BCUT2D eigenvalue weighted by Crippen LogP contribution is -2.18. The summed E-state index contributed by atoms with van der Waals surface area (Å²) in [6, 6.07) is 3.67. The van der Waals surface area contributed by atoms with Gasteiger partial charge in [0.25, 0.3) is 0 Å². The lowest BCUT2D eigenvalue weighted by Gasteiger charge is -2.22. The SMILES string of the molecule is OCc1[nH]c2c(Cl)c(Cl)ccc2c1-c1cnn(C2CCCCO2)c1. The molecule has 0 amide bonds. The second-order valence-electron chi connectivity index (χ2n) is 5.95. The number of aromatic nitrogens is 3. The quantitative estimate of drug-likeness (QED) is 0.716. The molecule has 1 fully saturated rings. The molecule has 0 bridgehead atoms. The summed E-state index contributed by atoms with van der Waals surface area (Å²) >= 11 is 12.4. The highest BCUT2D eigenvalue weighted by atomic mass is 35.5. The lowest BCUT2D eigenvalue weighted by molar-refractivity contribution is -0.0394. The molecule has 126 valence electrons. The minimum atomic E-state index is -0.122. The first-order valence-electron chi connectivity index (χ1n) is 7.94. The number of nitrogens with zero attached hydrogens (tertiary/aromatic N) is 2.